The second kappa shape index (κ2) is 10.4. The predicted octanol–water partition coefficient (Wildman–Crippen LogP) is -3.30. The number of hydrogen-bond acceptors (Lipinski definition) is 12. The average Bonchev–Trinajstić information content (AvgIpc) is 2.79. The fourth-order valence-corrected chi connectivity index (χ4v) is 3.44. The Labute approximate surface area is 177 Å². The fourth-order valence-electron chi connectivity index (χ4n) is 3.44. The molecule has 0 aromatic heterocycles. The molecule has 31 heavy (non-hydrogen) atoms. The van der Waals surface area contributed by atoms with E-state index in [1.165, 1.54) is 7.11 Å². The Bertz CT molecular complexity index is 683. The minimum Gasteiger partial charge on any atom is -0.497 e. The highest BCUT2D eigenvalue weighted by Gasteiger charge is 2.51. The number of rotatable bonds is 7. The van der Waals surface area contributed by atoms with Crippen molar-refractivity contribution in [1.29, 1.82) is 0 Å². The maximum Gasteiger partial charge on any atom is 0.229 e. The molecule has 0 aliphatic carbocycles. The summed E-state index contributed by atoms with van der Waals surface area (Å²) in [6.07, 6.45) is -15.0. The summed E-state index contributed by atoms with van der Waals surface area (Å²) in [5.41, 5.74) is 0. The Balaban J connectivity index is 1.70. The quantitative estimate of drug-likeness (QED) is 0.220. The van der Waals surface area contributed by atoms with Crippen LogP contribution < -0.4 is 9.47 Å². The molecule has 2 fully saturated rings. The lowest BCUT2D eigenvalue weighted by Gasteiger charge is -2.45. The maximum atomic E-state index is 10.6. The minimum atomic E-state index is -1.73. The van der Waals surface area contributed by atoms with Crippen molar-refractivity contribution in [1.82, 2.24) is 0 Å². The lowest BCUT2D eigenvalue weighted by molar-refractivity contribution is -0.352. The zero-order valence-corrected chi connectivity index (χ0v) is 16.7. The molecular formula is C19H28O12. The lowest BCUT2D eigenvalue weighted by Crippen LogP contribution is -2.65. The van der Waals surface area contributed by atoms with E-state index in [-0.39, 0.29) is 0 Å². The molecule has 2 aliphatic rings. The summed E-state index contributed by atoms with van der Waals surface area (Å²) < 4.78 is 26.9. The van der Waals surface area contributed by atoms with Gasteiger partial charge in [0.05, 0.1) is 20.3 Å². The number of methoxy groups -OCH3 is 1. The average molecular weight is 448 g/mol. The van der Waals surface area contributed by atoms with Crippen LogP contribution in [-0.2, 0) is 14.2 Å². The second-order valence-electron chi connectivity index (χ2n) is 7.30. The standard InChI is InChI=1S/C19H28O12/c1-27-8-2-4-9(5-3-8)28-18-16(26)14(24)17(11(7-21)30-18)31-19-15(25)13(23)12(22)10(6-20)29-19/h2-5,10-26H,6-7H2,1H3/t10-,11-,12+,13+,14-,15-,16-,17+,18-,19+/m1/s1. The third-order valence-corrected chi connectivity index (χ3v) is 5.27. The first-order valence-electron chi connectivity index (χ1n) is 9.69. The first kappa shape index (κ1) is 24.1. The van der Waals surface area contributed by atoms with Crippen LogP contribution >= 0.6 is 0 Å². The van der Waals surface area contributed by atoms with Crippen LogP contribution in [0.15, 0.2) is 24.3 Å². The van der Waals surface area contributed by atoms with E-state index in [2.05, 4.69) is 0 Å². The van der Waals surface area contributed by atoms with Gasteiger partial charge in [-0.1, -0.05) is 0 Å². The second-order valence-corrected chi connectivity index (χ2v) is 7.30. The summed E-state index contributed by atoms with van der Waals surface area (Å²) in [7, 11) is 1.50. The molecule has 0 spiro atoms. The topological polar surface area (TPSA) is 188 Å². The molecule has 2 aliphatic heterocycles. The summed E-state index contributed by atoms with van der Waals surface area (Å²) >= 11 is 0. The Morgan fingerprint density at radius 2 is 1.26 bits per heavy atom. The van der Waals surface area contributed by atoms with Crippen molar-refractivity contribution in [2.24, 2.45) is 0 Å². The van der Waals surface area contributed by atoms with Crippen molar-refractivity contribution in [2.45, 2.75) is 61.4 Å². The molecule has 1 aromatic carbocycles. The van der Waals surface area contributed by atoms with Crippen molar-refractivity contribution in [3.05, 3.63) is 24.3 Å². The van der Waals surface area contributed by atoms with Gasteiger partial charge in [0.15, 0.2) is 6.29 Å². The van der Waals surface area contributed by atoms with Gasteiger partial charge in [-0.2, -0.15) is 0 Å². The van der Waals surface area contributed by atoms with Crippen molar-refractivity contribution in [3.63, 3.8) is 0 Å². The molecule has 0 unspecified atom stereocenters. The largest absolute Gasteiger partial charge is 0.497 e. The van der Waals surface area contributed by atoms with Gasteiger partial charge in [0, 0.05) is 0 Å². The molecule has 0 saturated carbocycles. The van der Waals surface area contributed by atoms with E-state index in [0.29, 0.717) is 11.5 Å². The van der Waals surface area contributed by atoms with Gasteiger partial charge in [0.2, 0.25) is 6.29 Å². The third-order valence-electron chi connectivity index (χ3n) is 5.27. The Kier molecular flexibility index (Phi) is 8.04. The summed E-state index contributed by atoms with van der Waals surface area (Å²) in [6, 6.07) is 6.36. The number of benzene rings is 1. The van der Waals surface area contributed by atoms with Crippen LogP contribution in [0.4, 0.5) is 0 Å². The number of ether oxygens (including phenoxy) is 5. The van der Waals surface area contributed by atoms with E-state index in [9.17, 15) is 35.7 Å². The number of hydrogen-bond donors (Lipinski definition) is 7. The monoisotopic (exact) mass is 448 g/mol. The van der Waals surface area contributed by atoms with E-state index in [1.807, 2.05) is 0 Å². The van der Waals surface area contributed by atoms with Crippen LogP contribution in [0.5, 0.6) is 11.5 Å². The zero-order valence-electron chi connectivity index (χ0n) is 16.7. The zero-order chi connectivity index (χ0) is 22.7. The van der Waals surface area contributed by atoms with E-state index in [0.717, 1.165) is 0 Å². The molecule has 176 valence electrons. The molecular weight excluding hydrogens is 420 g/mol. The highest BCUT2D eigenvalue weighted by atomic mass is 16.7. The first-order chi connectivity index (χ1) is 14.8. The van der Waals surface area contributed by atoms with Crippen LogP contribution in [0.25, 0.3) is 0 Å². The van der Waals surface area contributed by atoms with Crippen LogP contribution in [0.2, 0.25) is 0 Å². The van der Waals surface area contributed by atoms with Gasteiger partial charge in [-0.25, -0.2) is 0 Å². The molecule has 0 radical (unpaired) electrons. The van der Waals surface area contributed by atoms with Gasteiger partial charge in [-0.3, -0.25) is 0 Å². The van der Waals surface area contributed by atoms with E-state index >= 15 is 0 Å². The highest BCUT2D eigenvalue weighted by molar-refractivity contribution is 5.31. The minimum absolute atomic E-state index is 0.307. The predicted molar refractivity (Wildman–Crippen MR) is 100 cm³/mol. The van der Waals surface area contributed by atoms with Gasteiger partial charge in [0.25, 0.3) is 0 Å². The maximum absolute atomic E-state index is 10.6. The van der Waals surface area contributed by atoms with E-state index in [1.54, 1.807) is 24.3 Å². The van der Waals surface area contributed by atoms with Crippen LogP contribution in [0.3, 0.4) is 0 Å². The number of aliphatic hydroxyl groups is 7. The molecule has 2 heterocycles. The van der Waals surface area contributed by atoms with Crippen LogP contribution in [-0.4, -0.2) is 117 Å². The van der Waals surface area contributed by atoms with Crippen molar-refractivity contribution in [3.8, 4) is 11.5 Å². The van der Waals surface area contributed by atoms with Crippen LogP contribution in [0, 0.1) is 0 Å². The first-order valence-corrected chi connectivity index (χ1v) is 9.69. The van der Waals surface area contributed by atoms with Gasteiger partial charge < -0.3 is 59.4 Å². The lowest BCUT2D eigenvalue weighted by atomic mass is 9.97. The summed E-state index contributed by atoms with van der Waals surface area (Å²) in [4.78, 5) is 0. The molecule has 0 amide bonds. The molecule has 12 nitrogen and oxygen atoms in total. The molecule has 1 aromatic rings. The van der Waals surface area contributed by atoms with Crippen molar-refractivity contribution >= 4 is 0 Å². The smallest absolute Gasteiger partial charge is 0.229 e. The fraction of sp³-hybridized carbons (Fsp3) is 0.684. The highest BCUT2D eigenvalue weighted by Crippen LogP contribution is 2.30. The Morgan fingerprint density at radius 1 is 0.710 bits per heavy atom. The van der Waals surface area contributed by atoms with Gasteiger partial charge in [0.1, 0.15) is 60.3 Å². The van der Waals surface area contributed by atoms with Crippen molar-refractivity contribution < 1.29 is 59.4 Å². The van der Waals surface area contributed by atoms with Gasteiger partial charge in [-0.05, 0) is 24.3 Å². The Morgan fingerprint density at radius 3 is 1.84 bits per heavy atom. The van der Waals surface area contributed by atoms with Crippen molar-refractivity contribution in [2.75, 3.05) is 20.3 Å². The molecule has 0 bridgehead atoms. The molecule has 2 saturated heterocycles. The van der Waals surface area contributed by atoms with Gasteiger partial charge in [-0.15, -0.1) is 0 Å². The molecule has 7 N–H and O–H groups in total. The van der Waals surface area contributed by atoms with Gasteiger partial charge >= 0.3 is 0 Å². The SMILES string of the molecule is COc1ccc(O[C@@H]2O[C@H](CO)[C@H](O[C@@H]3O[C@H](CO)[C@H](O)[C@H](O)[C@H]3O)[C@H](O)[C@H]2O)cc1. The van der Waals surface area contributed by atoms with E-state index in [4.69, 9.17) is 23.7 Å². The van der Waals surface area contributed by atoms with Crippen LogP contribution in [0.1, 0.15) is 0 Å². The number of aliphatic hydroxyl groups excluding tert-OH is 7. The molecule has 12 heteroatoms. The Hall–Kier alpha value is -1.58. The summed E-state index contributed by atoms with van der Waals surface area (Å²) in [6.45, 7) is -1.31. The third kappa shape index (κ3) is 5.09. The molecule has 3 rings (SSSR count). The molecule has 10 atom stereocenters. The van der Waals surface area contributed by atoms with E-state index < -0.39 is 74.6 Å². The summed E-state index contributed by atoms with van der Waals surface area (Å²) in [5, 5.41) is 69.9. The summed E-state index contributed by atoms with van der Waals surface area (Å²) in [5.74, 6) is 0.890. The normalized spacial score (nSPS) is 41.0.